The number of anilines is 1. The van der Waals surface area contributed by atoms with Crippen LogP contribution >= 0.6 is 11.6 Å². The molecule has 2 aromatic heterocycles. The smallest absolute Gasteiger partial charge is 0.410 e. The summed E-state index contributed by atoms with van der Waals surface area (Å²) in [7, 11) is 0. The number of carbonyl (C=O) groups is 1. The summed E-state index contributed by atoms with van der Waals surface area (Å²) in [4.78, 5) is 34.0. The molecule has 0 aliphatic carbocycles. The maximum absolute atomic E-state index is 16.8. The zero-order valence-corrected chi connectivity index (χ0v) is 28.2. The predicted octanol–water partition coefficient (Wildman–Crippen LogP) is 7.20. The fourth-order valence-corrected chi connectivity index (χ4v) is 8.59. The van der Waals surface area contributed by atoms with Crippen LogP contribution in [0.1, 0.15) is 84.6 Å². The Kier molecular flexibility index (Phi) is 8.03. The highest BCUT2D eigenvalue weighted by Crippen LogP contribution is 2.42. The van der Waals surface area contributed by atoms with Gasteiger partial charge >= 0.3 is 12.1 Å². The molecule has 0 N–H and O–H groups in total. The van der Waals surface area contributed by atoms with Gasteiger partial charge in [-0.1, -0.05) is 37.6 Å². The van der Waals surface area contributed by atoms with Crippen molar-refractivity contribution in [2.75, 3.05) is 37.7 Å². The van der Waals surface area contributed by atoms with E-state index in [4.69, 9.17) is 31.0 Å². The third kappa shape index (κ3) is 5.55. The number of hydrogen-bond acceptors (Lipinski definition) is 8. The van der Waals surface area contributed by atoms with Crippen LogP contribution in [0.25, 0.3) is 22.2 Å². The lowest BCUT2D eigenvalue weighted by molar-refractivity contribution is 0.0122. The van der Waals surface area contributed by atoms with Crippen LogP contribution in [-0.2, 0) is 4.74 Å². The third-order valence-corrected chi connectivity index (χ3v) is 10.5. The van der Waals surface area contributed by atoms with Gasteiger partial charge in [-0.05, 0) is 89.9 Å². The Balaban J connectivity index is 1.28. The summed E-state index contributed by atoms with van der Waals surface area (Å²) in [5.41, 5.74) is 1.30. The van der Waals surface area contributed by atoms with Gasteiger partial charge in [-0.2, -0.15) is 9.97 Å². The van der Waals surface area contributed by atoms with Crippen molar-refractivity contribution in [1.29, 1.82) is 0 Å². The highest BCUT2D eigenvalue weighted by Gasteiger charge is 2.46. The van der Waals surface area contributed by atoms with Crippen molar-refractivity contribution < 1.29 is 18.7 Å². The van der Waals surface area contributed by atoms with Gasteiger partial charge in [-0.3, -0.25) is 14.8 Å². The number of benzene rings is 1. The maximum atomic E-state index is 16.8. The lowest BCUT2D eigenvalue weighted by Gasteiger charge is -2.42. The van der Waals surface area contributed by atoms with Crippen molar-refractivity contribution in [3.8, 4) is 17.3 Å². The van der Waals surface area contributed by atoms with Crippen LogP contribution in [-0.4, -0.2) is 86.9 Å². The molecular formula is C35H44ClFN6O3. The van der Waals surface area contributed by atoms with E-state index in [1.807, 2.05) is 57.7 Å². The molecule has 4 saturated heterocycles. The predicted molar refractivity (Wildman–Crippen MR) is 177 cm³/mol. The average molecular weight is 651 g/mol. The number of aromatic nitrogens is 3. The Morgan fingerprint density at radius 3 is 2.46 bits per heavy atom. The molecule has 1 aromatic carbocycles. The van der Waals surface area contributed by atoms with E-state index in [0.717, 1.165) is 57.2 Å². The Labute approximate surface area is 275 Å². The summed E-state index contributed by atoms with van der Waals surface area (Å²) in [5, 5.41) is 1.10. The summed E-state index contributed by atoms with van der Waals surface area (Å²) in [6.07, 6.45) is 7.60. The molecule has 46 heavy (non-hydrogen) atoms. The van der Waals surface area contributed by atoms with E-state index in [0.29, 0.717) is 41.5 Å². The molecule has 0 spiro atoms. The highest BCUT2D eigenvalue weighted by atomic mass is 35.5. The van der Waals surface area contributed by atoms with Crippen LogP contribution in [0, 0.1) is 5.82 Å². The van der Waals surface area contributed by atoms with E-state index in [-0.39, 0.29) is 46.9 Å². The molecular weight excluding hydrogens is 607 g/mol. The number of pyridine rings is 1. The van der Waals surface area contributed by atoms with Crippen molar-refractivity contribution in [1.82, 2.24) is 24.8 Å². The first-order valence-corrected chi connectivity index (χ1v) is 17.1. The van der Waals surface area contributed by atoms with E-state index < -0.39 is 11.4 Å². The second-order valence-corrected chi connectivity index (χ2v) is 15.2. The Hall–Kier alpha value is -3.24. The van der Waals surface area contributed by atoms with Crippen molar-refractivity contribution in [2.45, 2.75) is 102 Å². The first kappa shape index (κ1) is 31.4. The van der Waals surface area contributed by atoms with Crippen molar-refractivity contribution >= 4 is 34.4 Å². The largest absolute Gasteiger partial charge is 0.461 e. The summed E-state index contributed by atoms with van der Waals surface area (Å²) >= 11 is 6.60. The minimum Gasteiger partial charge on any atom is -0.461 e. The highest BCUT2D eigenvalue weighted by molar-refractivity contribution is 6.31. The SMILES string of the molecule is CC(C)c1c(Cl)cccc1-c1ncc2c(N3C[C@H]4CC[C@@H](C3)N4C(=O)OC(C)(C)C)nc(OCC34CCCN3CCC4)nc2c1F. The molecule has 6 heterocycles. The zero-order valence-electron chi connectivity index (χ0n) is 27.5. The molecule has 3 aromatic rings. The molecule has 0 saturated carbocycles. The van der Waals surface area contributed by atoms with Crippen LogP contribution < -0.4 is 9.64 Å². The number of halogens is 2. The standard InChI is InChI=1S/C35H44ClFN6O3/c1-21(2)27-24(9-6-10-26(27)36)29-28(37)30-25(17-38-29)31(40-32(39-30)45-20-35-13-7-15-42(35)16-8-14-35)41-18-22-11-12-23(19-41)43(22)33(44)46-34(3,4)5/h6,9-10,17,21-23H,7-8,11-16,18-20H2,1-5H3/t22-,23+. The fraction of sp³-hybridized carbons (Fsp3) is 0.600. The Morgan fingerprint density at radius 1 is 1.11 bits per heavy atom. The quantitative estimate of drug-likeness (QED) is 0.277. The first-order valence-electron chi connectivity index (χ1n) is 16.7. The van der Waals surface area contributed by atoms with E-state index >= 15 is 4.39 Å². The summed E-state index contributed by atoms with van der Waals surface area (Å²) < 4.78 is 28.9. The third-order valence-electron chi connectivity index (χ3n) is 10.2. The van der Waals surface area contributed by atoms with Crippen LogP contribution in [0.15, 0.2) is 24.4 Å². The van der Waals surface area contributed by atoms with E-state index in [1.165, 1.54) is 0 Å². The second-order valence-electron chi connectivity index (χ2n) is 14.8. The molecule has 7 rings (SSSR count). The normalized spacial score (nSPS) is 22.6. The van der Waals surface area contributed by atoms with Crippen LogP contribution in [0.4, 0.5) is 15.0 Å². The maximum Gasteiger partial charge on any atom is 0.410 e. The topological polar surface area (TPSA) is 83.9 Å². The lowest BCUT2D eigenvalue weighted by atomic mass is 9.94. The van der Waals surface area contributed by atoms with Gasteiger partial charge in [0.1, 0.15) is 29.2 Å². The number of fused-ring (bicyclic) bond motifs is 4. The molecule has 2 bridgehead atoms. The Bertz CT molecular complexity index is 1640. The van der Waals surface area contributed by atoms with Gasteiger partial charge in [0.15, 0.2) is 5.82 Å². The van der Waals surface area contributed by atoms with E-state index in [1.54, 1.807) is 6.20 Å². The van der Waals surface area contributed by atoms with Crippen molar-refractivity contribution in [2.24, 2.45) is 0 Å². The van der Waals surface area contributed by atoms with Gasteiger partial charge in [-0.15, -0.1) is 0 Å². The molecule has 4 aliphatic heterocycles. The number of rotatable bonds is 6. The number of ether oxygens (including phenoxy) is 2. The first-order chi connectivity index (χ1) is 21.9. The summed E-state index contributed by atoms with van der Waals surface area (Å²) in [5.74, 6) is 0.130. The minimum atomic E-state index is -0.574. The second kappa shape index (κ2) is 11.8. The number of carbonyl (C=O) groups excluding carboxylic acids is 1. The van der Waals surface area contributed by atoms with E-state index in [9.17, 15) is 4.79 Å². The van der Waals surface area contributed by atoms with Gasteiger partial charge < -0.3 is 14.4 Å². The molecule has 0 unspecified atom stereocenters. The van der Waals surface area contributed by atoms with Gasteiger partial charge in [-0.25, -0.2) is 9.18 Å². The molecule has 0 radical (unpaired) electrons. The van der Waals surface area contributed by atoms with Gasteiger partial charge in [0.2, 0.25) is 0 Å². The monoisotopic (exact) mass is 650 g/mol. The molecule has 11 heteroatoms. The fourth-order valence-electron chi connectivity index (χ4n) is 8.19. The number of amides is 1. The van der Waals surface area contributed by atoms with Gasteiger partial charge in [0, 0.05) is 29.9 Å². The van der Waals surface area contributed by atoms with Crippen LogP contribution in [0.2, 0.25) is 5.02 Å². The number of nitrogens with zero attached hydrogens (tertiary/aromatic N) is 6. The van der Waals surface area contributed by atoms with Crippen molar-refractivity contribution in [3.05, 3.63) is 40.8 Å². The number of piperazine rings is 1. The zero-order chi connectivity index (χ0) is 32.4. The van der Waals surface area contributed by atoms with Gasteiger partial charge in [0.05, 0.1) is 23.0 Å². The minimum absolute atomic E-state index is 0.00840. The van der Waals surface area contributed by atoms with Crippen LogP contribution in [0.5, 0.6) is 6.01 Å². The summed E-state index contributed by atoms with van der Waals surface area (Å²) in [6, 6.07) is 5.60. The van der Waals surface area contributed by atoms with Crippen LogP contribution in [0.3, 0.4) is 0 Å². The molecule has 9 nitrogen and oxygen atoms in total. The molecule has 246 valence electrons. The number of hydrogen-bond donors (Lipinski definition) is 0. The molecule has 4 aliphatic rings. The Morgan fingerprint density at radius 2 is 1.80 bits per heavy atom. The van der Waals surface area contributed by atoms with Crippen molar-refractivity contribution in [3.63, 3.8) is 0 Å². The molecule has 2 atom stereocenters. The van der Waals surface area contributed by atoms with Gasteiger partial charge in [0.25, 0.3) is 0 Å². The molecule has 4 fully saturated rings. The molecule has 1 amide bonds. The average Bonchev–Trinajstić information content (AvgIpc) is 3.65. The van der Waals surface area contributed by atoms with E-state index in [2.05, 4.69) is 14.8 Å². The lowest BCUT2D eigenvalue weighted by Crippen LogP contribution is -2.57. The summed E-state index contributed by atoms with van der Waals surface area (Å²) in [6.45, 7) is 13.5.